The van der Waals surface area contributed by atoms with Gasteiger partial charge in [0.2, 0.25) is 0 Å². The number of aromatic nitrogens is 3. The molecule has 3 amide bonds. The second kappa shape index (κ2) is 9.09. The molecule has 4 rings (SSSR count). The van der Waals surface area contributed by atoms with Gasteiger partial charge in [0.1, 0.15) is 11.4 Å². The maximum absolute atomic E-state index is 12.5. The quantitative estimate of drug-likeness (QED) is 0.657. The molecule has 0 aromatic carbocycles. The second-order valence-electron chi connectivity index (χ2n) is 11.0. The number of urea groups is 1. The fourth-order valence-corrected chi connectivity index (χ4v) is 4.68. The minimum Gasteiger partial charge on any atom is -0.444 e. The fraction of sp³-hybridized carbons (Fsp3) is 0.583. The molecule has 1 fully saturated rings. The van der Waals surface area contributed by atoms with Gasteiger partial charge in [-0.05, 0) is 51.0 Å². The maximum Gasteiger partial charge on any atom is 0.410 e. The Hall–Kier alpha value is -2.81. The van der Waals surface area contributed by atoms with Crippen LogP contribution in [0.1, 0.15) is 46.7 Å². The molecule has 1 saturated heterocycles. The lowest BCUT2D eigenvalue weighted by Gasteiger charge is -2.24. The summed E-state index contributed by atoms with van der Waals surface area (Å²) in [6.07, 6.45) is 4.78. The molecular formula is C24H33ClN6O3. The van der Waals surface area contributed by atoms with Crippen molar-refractivity contribution in [3.8, 4) is 11.1 Å². The van der Waals surface area contributed by atoms with Crippen LogP contribution in [-0.2, 0) is 17.7 Å². The molecule has 0 aliphatic carbocycles. The number of hydrogen-bond donors (Lipinski definition) is 2. The van der Waals surface area contributed by atoms with Gasteiger partial charge in [0, 0.05) is 49.2 Å². The summed E-state index contributed by atoms with van der Waals surface area (Å²) in [5, 5.41) is 10.7. The number of carbonyl (C=O) groups excluding carboxylic acids is 2. The minimum atomic E-state index is -0.523. The number of anilines is 1. The van der Waals surface area contributed by atoms with Crippen LogP contribution in [0.4, 0.5) is 15.4 Å². The summed E-state index contributed by atoms with van der Waals surface area (Å²) in [5.74, 6) is 0.585. The predicted octanol–water partition coefficient (Wildman–Crippen LogP) is 4.56. The van der Waals surface area contributed by atoms with Gasteiger partial charge in [0.05, 0.1) is 11.2 Å². The Morgan fingerprint density at radius 1 is 1.26 bits per heavy atom. The Balaban J connectivity index is 1.33. The van der Waals surface area contributed by atoms with Crippen LogP contribution in [0.2, 0.25) is 5.02 Å². The van der Waals surface area contributed by atoms with E-state index in [1.165, 1.54) is 0 Å². The van der Waals surface area contributed by atoms with Crippen molar-refractivity contribution in [3.05, 3.63) is 29.2 Å². The lowest BCUT2D eigenvalue weighted by molar-refractivity contribution is 0.0288. The number of carbonyl (C=O) groups is 2. The van der Waals surface area contributed by atoms with E-state index >= 15 is 0 Å². The van der Waals surface area contributed by atoms with Crippen molar-refractivity contribution in [2.24, 2.45) is 11.3 Å². The Bertz CT molecular complexity index is 1090. The summed E-state index contributed by atoms with van der Waals surface area (Å²) in [4.78, 5) is 30.7. The van der Waals surface area contributed by atoms with E-state index in [-0.39, 0.29) is 23.5 Å². The van der Waals surface area contributed by atoms with Gasteiger partial charge in [-0.3, -0.25) is 10.00 Å². The van der Waals surface area contributed by atoms with Crippen molar-refractivity contribution < 1.29 is 14.3 Å². The van der Waals surface area contributed by atoms with Crippen LogP contribution in [0.25, 0.3) is 11.1 Å². The molecule has 34 heavy (non-hydrogen) atoms. The zero-order valence-corrected chi connectivity index (χ0v) is 21.2. The van der Waals surface area contributed by atoms with E-state index in [0.717, 1.165) is 36.2 Å². The van der Waals surface area contributed by atoms with E-state index in [4.69, 9.17) is 16.3 Å². The minimum absolute atomic E-state index is 0.151. The first-order valence-corrected chi connectivity index (χ1v) is 12.0. The number of likely N-dealkylation sites (tertiary alicyclic amines) is 1. The summed E-state index contributed by atoms with van der Waals surface area (Å²) in [6, 6.07) is 1.43. The van der Waals surface area contributed by atoms with Crippen molar-refractivity contribution in [3.63, 3.8) is 0 Å². The molecule has 4 heterocycles. The molecule has 9 nitrogen and oxygen atoms in total. The molecule has 2 N–H and O–H groups in total. The fourth-order valence-electron chi connectivity index (χ4n) is 4.48. The van der Waals surface area contributed by atoms with Crippen LogP contribution in [-0.4, -0.2) is 57.0 Å². The second-order valence-corrected chi connectivity index (χ2v) is 11.4. The van der Waals surface area contributed by atoms with E-state index < -0.39 is 5.60 Å². The van der Waals surface area contributed by atoms with Crippen LogP contribution in [0, 0.1) is 11.3 Å². The summed E-state index contributed by atoms with van der Waals surface area (Å²) in [7, 11) is 0. The van der Waals surface area contributed by atoms with Crippen LogP contribution < -0.4 is 10.6 Å². The van der Waals surface area contributed by atoms with Gasteiger partial charge in [-0.1, -0.05) is 25.4 Å². The number of pyridine rings is 1. The van der Waals surface area contributed by atoms with E-state index in [1.807, 2.05) is 31.6 Å². The number of nitrogens with one attached hydrogen (secondary N) is 2. The van der Waals surface area contributed by atoms with E-state index in [9.17, 15) is 9.59 Å². The first kappa shape index (κ1) is 24.3. The maximum atomic E-state index is 12.5. The zero-order chi connectivity index (χ0) is 24.7. The van der Waals surface area contributed by atoms with E-state index in [2.05, 4.69) is 34.6 Å². The number of halogens is 1. The van der Waals surface area contributed by atoms with Gasteiger partial charge in [-0.2, -0.15) is 5.10 Å². The van der Waals surface area contributed by atoms with Crippen molar-refractivity contribution in [2.45, 2.75) is 59.6 Å². The monoisotopic (exact) mass is 488 g/mol. The molecule has 2 aromatic heterocycles. The first-order valence-electron chi connectivity index (χ1n) is 11.6. The Labute approximate surface area is 205 Å². The third kappa shape index (κ3) is 5.63. The van der Waals surface area contributed by atoms with E-state index in [0.29, 0.717) is 30.5 Å². The molecule has 1 unspecified atom stereocenters. The highest BCUT2D eigenvalue weighted by atomic mass is 35.5. The first-order chi connectivity index (χ1) is 15.9. The molecule has 2 aromatic rings. The van der Waals surface area contributed by atoms with E-state index in [1.54, 1.807) is 17.2 Å². The van der Waals surface area contributed by atoms with Gasteiger partial charge in [0.25, 0.3) is 0 Å². The van der Waals surface area contributed by atoms with Gasteiger partial charge >= 0.3 is 12.1 Å². The molecule has 0 radical (unpaired) electrons. The average molecular weight is 489 g/mol. The number of ether oxygens (including phenoxy) is 1. The summed E-state index contributed by atoms with van der Waals surface area (Å²) >= 11 is 6.45. The number of amides is 3. The normalized spacial score (nSPS) is 19.1. The van der Waals surface area contributed by atoms with Gasteiger partial charge in [-0.25, -0.2) is 14.6 Å². The summed E-state index contributed by atoms with van der Waals surface area (Å²) < 4.78 is 7.45. The molecule has 184 valence electrons. The SMILES string of the molecule is CC1(C)Cc2c(-c3cc(NC(=O)NCC4CCN(C(=O)OC(C)(C)C)C4)ncc3Cl)cnn2C1. The lowest BCUT2D eigenvalue weighted by Crippen LogP contribution is -2.37. The smallest absolute Gasteiger partial charge is 0.410 e. The molecule has 0 spiro atoms. The van der Waals surface area contributed by atoms with Crippen molar-refractivity contribution in [1.82, 2.24) is 25.0 Å². The van der Waals surface area contributed by atoms with Crippen LogP contribution in [0.5, 0.6) is 0 Å². The third-order valence-electron chi connectivity index (χ3n) is 6.05. The van der Waals surface area contributed by atoms with Crippen LogP contribution in [0.3, 0.4) is 0 Å². The largest absolute Gasteiger partial charge is 0.444 e. The van der Waals surface area contributed by atoms with Crippen LogP contribution >= 0.6 is 11.6 Å². The molecule has 0 bridgehead atoms. The number of nitrogens with zero attached hydrogens (tertiary/aromatic N) is 4. The number of rotatable bonds is 4. The molecule has 1 atom stereocenters. The Morgan fingerprint density at radius 3 is 2.76 bits per heavy atom. The van der Waals surface area contributed by atoms with Gasteiger partial charge in [0.15, 0.2) is 0 Å². The molecule has 2 aliphatic heterocycles. The average Bonchev–Trinajstić information content (AvgIpc) is 3.41. The molecule has 2 aliphatic rings. The highest BCUT2D eigenvalue weighted by Gasteiger charge is 2.32. The molecule has 10 heteroatoms. The Kier molecular flexibility index (Phi) is 6.50. The standard InChI is InChI=1S/C24H33ClN6O3/c1-23(2,3)34-22(33)30-7-6-15(13-30)10-27-21(32)29-20-8-16(18(25)12-26-20)17-11-28-31-14-24(4,5)9-19(17)31/h8,11-12,15H,6-7,9-10,13-14H2,1-5H3,(H2,26,27,29,32). The summed E-state index contributed by atoms with van der Waals surface area (Å²) in [6.45, 7) is 12.5. The predicted molar refractivity (Wildman–Crippen MR) is 131 cm³/mol. The molecule has 0 saturated carbocycles. The van der Waals surface area contributed by atoms with Crippen molar-refractivity contribution in [2.75, 3.05) is 25.0 Å². The van der Waals surface area contributed by atoms with Crippen molar-refractivity contribution in [1.29, 1.82) is 0 Å². The third-order valence-corrected chi connectivity index (χ3v) is 6.35. The Morgan fingerprint density at radius 2 is 2.03 bits per heavy atom. The highest BCUT2D eigenvalue weighted by molar-refractivity contribution is 6.33. The summed E-state index contributed by atoms with van der Waals surface area (Å²) in [5.41, 5.74) is 2.54. The zero-order valence-electron chi connectivity index (χ0n) is 20.4. The van der Waals surface area contributed by atoms with Gasteiger partial charge in [-0.15, -0.1) is 0 Å². The number of hydrogen-bond acceptors (Lipinski definition) is 5. The highest BCUT2D eigenvalue weighted by Crippen LogP contribution is 2.39. The van der Waals surface area contributed by atoms with Gasteiger partial charge < -0.3 is 15.0 Å². The number of fused-ring (bicyclic) bond motifs is 1. The topological polar surface area (TPSA) is 101 Å². The lowest BCUT2D eigenvalue weighted by atomic mass is 9.89. The van der Waals surface area contributed by atoms with Crippen molar-refractivity contribution >= 4 is 29.5 Å². The molecular weight excluding hydrogens is 456 g/mol. The van der Waals surface area contributed by atoms with Crippen LogP contribution in [0.15, 0.2) is 18.5 Å².